The van der Waals surface area contributed by atoms with Crippen LogP contribution in [0.15, 0.2) is 0 Å². The van der Waals surface area contributed by atoms with Gasteiger partial charge < -0.3 is 15.9 Å². The first kappa shape index (κ1) is 11.6. The van der Waals surface area contributed by atoms with Gasteiger partial charge in [0.05, 0.1) is 12.6 Å². The molecule has 0 aliphatic carbocycles. The van der Waals surface area contributed by atoms with Gasteiger partial charge in [0.1, 0.15) is 0 Å². The maximum atomic E-state index is 9.79. The zero-order chi connectivity index (χ0) is 7.91. The Morgan fingerprint density at radius 2 is 1.78 bits per heavy atom. The first-order chi connectivity index (χ1) is 4.06. The van der Waals surface area contributed by atoms with Crippen LogP contribution in [-0.4, -0.2) is 24.4 Å². The van der Waals surface area contributed by atoms with E-state index >= 15 is 0 Å². The predicted molar refractivity (Wildman–Crippen MR) is 34.6 cm³/mol. The number of aliphatic hydroxyl groups is 1. The highest BCUT2D eigenvalue weighted by Gasteiger charge is 2.06. The van der Waals surface area contributed by atoms with Crippen molar-refractivity contribution in [3.05, 3.63) is 0 Å². The molecule has 0 rings (SSSR count). The summed E-state index contributed by atoms with van der Waals surface area (Å²) in [5.74, 6) is 0. The number of hydrogen-bond acceptors (Lipinski definition) is 2. The third-order valence-electron chi connectivity index (χ3n) is 0.714. The molecule has 0 spiro atoms. The summed E-state index contributed by atoms with van der Waals surface area (Å²) in [6, 6.07) is 0. The van der Waals surface area contributed by atoms with Gasteiger partial charge in [0.2, 0.25) is 0 Å². The highest BCUT2D eigenvalue weighted by atomic mass is 16.3. The molecule has 3 nitrogen and oxygen atoms in total. The Hall–Kier alpha value is -0.120. The average Bonchev–Trinajstić information content (AvgIpc) is 1.69. The topological polar surface area (TPSA) is 70.9 Å². The molecule has 0 saturated carbocycles. The van der Waals surface area contributed by atoms with Gasteiger partial charge in [0.15, 0.2) is 0 Å². The first-order valence-corrected chi connectivity index (χ1v) is 3.07. The molecule has 0 unspecified atom stereocenters. The fourth-order valence-electron chi connectivity index (χ4n) is 0.250. The molecule has 0 atom stereocenters. The van der Waals surface area contributed by atoms with Crippen LogP contribution in [0.1, 0.15) is 20.3 Å². The molecule has 0 aliphatic heterocycles. The summed E-state index contributed by atoms with van der Waals surface area (Å²) in [5.41, 5.74) is 2.49. The third kappa shape index (κ3) is 18.1. The predicted octanol–water partition coefficient (Wildman–Crippen LogP) is -1.63. The normalized spacial score (nSPS) is 10.0. The van der Waals surface area contributed by atoms with E-state index < -0.39 is 5.60 Å². The van der Waals surface area contributed by atoms with E-state index in [9.17, 15) is 5.11 Å². The molecular formula is C6H17NO2. The summed E-state index contributed by atoms with van der Waals surface area (Å²) in [6.45, 7) is 3.07. The van der Waals surface area contributed by atoms with Crippen molar-refractivity contribution in [3.8, 4) is 0 Å². The van der Waals surface area contributed by atoms with Gasteiger partial charge in [0.25, 0.3) is 0 Å². The van der Waals surface area contributed by atoms with Crippen LogP contribution >= 0.6 is 0 Å². The molecule has 3 heteroatoms. The smallest absolute Gasteiger partial charge is 0.0634 e. The molecule has 0 amide bonds. The van der Waals surface area contributed by atoms with Crippen LogP contribution in [0, 0.1) is 0 Å². The van der Waals surface area contributed by atoms with Gasteiger partial charge in [-0.05, 0) is 20.3 Å². The van der Waals surface area contributed by atoms with E-state index in [1.807, 2.05) is 0 Å². The largest absolute Gasteiger partial charge is 0.854 e. The molecule has 0 heterocycles. The van der Waals surface area contributed by atoms with Crippen molar-refractivity contribution in [2.24, 2.45) is 0 Å². The molecule has 0 saturated heterocycles. The van der Waals surface area contributed by atoms with Gasteiger partial charge in [-0.15, -0.1) is 6.61 Å². The lowest BCUT2D eigenvalue weighted by molar-refractivity contribution is -0.373. The van der Waals surface area contributed by atoms with Crippen LogP contribution in [0.3, 0.4) is 0 Å². The Labute approximate surface area is 56.5 Å². The monoisotopic (exact) mass is 135 g/mol. The summed E-state index contributed by atoms with van der Waals surface area (Å²) >= 11 is 0. The Kier molecular flexibility index (Phi) is 7.77. The van der Waals surface area contributed by atoms with Crippen LogP contribution in [0.5, 0.6) is 0 Å². The van der Waals surface area contributed by atoms with E-state index in [0.29, 0.717) is 6.42 Å². The summed E-state index contributed by atoms with van der Waals surface area (Å²) in [4.78, 5) is 0. The molecule has 0 fully saturated rings. The Morgan fingerprint density at radius 3 is 1.78 bits per heavy atom. The van der Waals surface area contributed by atoms with Gasteiger partial charge in [-0.1, -0.05) is 0 Å². The zero-order valence-electron chi connectivity index (χ0n) is 6.48. The van der Waals surface area contributed by atoms with E-state index in [1.165, 1.54) is 0 Å². The fraction of sp³-hybridized carbons (Fsp3) is 1.00. The minimum absolute atomic E-state index is 0.191. The van der Waals surface area contributed by atoms with Crippen molar-refractivity contribution in [1.29, 1.82) is 0 Å². The molecule has 0 bridgehead atoms. The zero-order valence-corrected chi connectivity index (χ0v) is 6.48. The second kappa shape index (κ2) is 6.01. The molecule has 0 aromatic heterocycles. The van der Waals surface area contributed by atoms with E-state index in [1.54, 1.807) is 20.9 Å². The van der Waals surface area contributed by atoms with Gasteiger partial charge in [0, 0.05) is 0 Å². The molecule has 0 radical (unpaired) electrons. The number of hydrogen-bond donors (Lipinski definition) is 2. The minimum Gasteiger partial charge on any atom is -0.854 e. The second-order valence-electron chi connectivity index (χ2n) is 2.27. The maximum absolute atomic E-state index is 9.79. The van der Waals surface area contributed by atoms with Crippen molar-refractivity contribution < 1.29 is 15.9 Å². The van der Waals surface area contributed by atoms with Crippen molar-refractivity contribution >= 4 is 0 Å². The molecular weight excluding hydrogens is 118 g/mol. The second-order valence-corrected chi connectivity index (χ2v) is 2.27. The molecule has 58 valence electrons. The van der Waals surface area contributed by atoms with Crippen molar-refractivity contribution in [3.63, 3.8) is 0 Å². The lowest BCUT2D eigenvalue weighted by Crippen LogP contribution is -2.40. The highest BCUT2D eigenvalue weighted by Crippen LogP contribution is 2.03. The van der Waals surface area contributed by atoms with Gasteiger partial charge in [-0.3, -0.25) is 0 Å². The molecule has 0 aromatic rings. The van der Waals surface area contributed by atoms with Crippen LogP contribution in [-0.2, 0) is 0 Å². The quantitative estimate of drug-likeness (QED) is 0.477. The van der Waals surface area contributed by atoms with Crippen LogP contribution in [0.4, 0.5) is 0 Å². The molecule has 0 aromatic carbocycles. The molecule has 9 heavy (non-hydrogen) atoms. The summed E-state index contributed by atoms with van der Waals surface area (Å²) in [7, 11) is 1.75. The number of quaternary nitrogens is 1. The molecule has 0 aliphatic rings. The van der Waals surface area contributed by atoms with Gasteiger partial charge in [-0.25, -0.2) is 0 Å². The Balaban J connectivity index is 0. The lowest BCUT2D eigenvalue weighted by atomic mass is 10.1. The van der Waals surface area contributed by atoms with E-state index in [2.05, 4.69) is 5.73 Å². The van der Waals surface area contributed by atoms with E-state index in [-0.39, 0.29) is 6.61 Å². The summed E-state index contributed by atoms with van der Waals surface area (Å²) in [5, 5.41) is 18.6. The van der Waals surface area contributed by atoms with Crippen LogP contribution < -0.4 is 10.8 Å². The van der Waals surface area contributed by atoms with E-state index in [4.69, 9.17) is 5.11 Å². The standard InChI is InChI=1S/C5H11O2.CH5N/c1-5(2,7)3-4-6;1-2/h7H,3-4H2,1-2H3;2H2,1H3/q-1;/p+1. The van der Waals surface area contributed by atoms with Gasteiger partial charge in [-0.2, -0.15) is 0 Å². The van der Waals surface area contributed by atoms with Crippen LogP contribution in [0.25, 0.3) is 0 Å². The highest BCUT2D eigenvalue weighted by molar-refractivity contribution is 4.61. The Bertz CT molecular complexity index is 49.5. The average molecular weight is 135 g/mol. The van der Waals surface area contributed by atoms with Crippen molar-refractivity contribution in [2.45, 2.75) is 25.9 Å². The van der Waals surface area contributed by atoms with E-state index in [0.717, 1.165) is 0 Å². The maximum Gasteiger partial charge on any atom is 0.0634 e. The Morgan fingerprint density at radius 1 is 1.44 bits per heavy atom. The van der Waals surface area contributed by atoms with Crippen molar-refractivity contribution in [1.82, 2.24) is 0 Å². The lowest BCUT2D eigenvalue weighted by Gasteiger charge is -2.17. The SMILES string of the molecule is CC(C)(O)CC[O-].C[NH3+]. The van der Waals surface area contributed by atoms with Crippen LogP contribution in [0.2, 0.25) is 0 Å². The number of rotatable bonds is 2. The third-order valence-corrected chi connectivity index (χ3v) is 0.714. The first-order valence-electron chi connectivity index (χ1n) is 3.07. The van der Waals surface area contributed by atoms with Gasteiger partial charge >= 0.3 is 0 Å². The van der Waals surface area contributed by atoms with Crippen molar-refractivity contribution in [2.75, 3.05) is 13.7 Å². The summed E-state index contributed by atoms with van der Waals surface area (Å²) < 4.78 is 0. The summed E-state index contributed by atoms with van der Waals surface area (Å²) in [6.07, 6.45) is 0.340. The minimum atomic E-state index is -0.762. The fourth-order valence-corrected chi connectivity index (χ4v) is 0.250. The molecule has 4 N–H and O–H groups in total.